The summed E-state index contributed by atoms with van der Waals surface area (Å²) in [5.41, 5.74) is 1.30. The van der Waals surface area contributed by atoms with E-state index in [0.717, 1.165) is 11.1 Å². The zero-order chi connectivity index (χ0) is 16.5. The minimum atomic E-state index is -1.50. The number of aryl methyl sites for hydroxylation is 2. The maximum atomic E-state index is 12.7. The molecule has 1 heterocycles. The van der Waals surface area contributed by atoms with Crippen LogP contribution in [0.25, 0.3) is 0 Å². The number of benzene rings is 1. The van der Waals surface area contributed by atoms with E-state index in [1.54, 1.807) is 18.2 Å². The first-order valence-corrected chi connectivity index (χ1v) is 6.89. The van der Waals surface area contributed by atoms with Gasteiger partial charge in [-0.2, -0.15) is 0 Å². The van der Waals surface area contributed by atoms with Gasteiger partial charge >= 0.3 is 5.97 Å². The highest BCUT2D eigenvalue weighted by molar-refractivity contribution is 5.98. The van der Waals surface area contributed by atoms with E-state index in [9.17, 15) is 14.7 Å². The maximum absolute atomic E-state index is 12.7. The highest BCUT2D eigenvalue weighted by Crippen LogP contribution is 2.29. The van der Waals surface area contributed by atoms with Crippen molar-refractivity contribution in [1.29, 1.82) is 0 Å². The van der Waals surface area contributed by atoms with E-state index in [2.05, 4.69) is 0 Å². The first kappa shape index (κ1) is 15.8. The third-order valence-corrected chi connectivity index (χ3v) is 3.94. The van der Waals surface area contributed by atoms with Crippen molar-refractivity contribution >= 4 is 11.9 Å². The fourth-order valence-electron chi connectivity index (χ4n) is 2.50. The minimum absolute atomic E-state index is 0.349. The third-order valence-electron chi connectivity index (χ3n) is 3.94. The van der Waals surface area contributed by atoms with Gasteiger partial charge in [0.1, 0.15) is 0 Å². The van der Waals surface area contributed by atoms with Crippen molar-refractivity contribution in [3.8, 4) is 0 Å². The Hall–Kier alpha value is -2.56. The summed E-state index contributed by atoms with van der Waals surface area (Å²) in [4.78, 5) is 25.8. The molecule has 22 heavy (non-hydrogen) atoms. The molecule has 0 radical (unpaired) electrons. The zero-order valence-electron chi connectivity index (χ0n) is 13.1. The second-order valence-corrected chi connectivity index (χ2v) is 5.63. The van der Waals surface area contributed by atoms with Crippen LogP contribution in [0.3, 0.4) is 0 Å². The molecule has 1 N–H and O–H groups in total. The molecule has 0 aliphatic rings. The average molecular weight is 301 g/mol. The summed E-state index contributed by atoms with van der Waals surface area (Å²) < 4.78 is 4.98. The van der Waals surface area contributed by atoms with Crippen LogP contribution < -0.4 is 0 Å². The molecule has 2 aromatic rings. The first-order chi connectivity index (χ1) is 10.3. The molecule has 0 aliphatic heterocycles. The topological polar surface area (TPSA) is 70.8 Å². The molecule has 1 atom stereocenters. The quantitative estimate of drug-likeness (QED) is 0.942. The van der Waals surface area contributed by atoms with Crippen molar-refractivity contribution < 1.29 is 19.1 Å². The molecule has 2 rings (SSSR count). The van der Waals surface area contributed by atoms with E-state index in [1.807, 2.05) is 19.9 Å². The number of carboxylic acids is 1. The van der Waals surface area contributed by atoms with Gasteiger partial charge in [0.25, 0.3) is 5.91 Å². The number of hydrogen-bond donors (Lipinski definition) is 1. The van der Waals surface area contributed by atoms with E-state index in [0.29, 0.717) is 11.1 Å². The Morgan fingerprint density at radius 3 is 2.23 bits per heavy atom. The molecule has 1 aromatic carbocycles. The van der Waals surface area contributed by atoms with Crippen molar-refractivity contribution in [3.05, 3.63) is 59.0 Å². The zero-order valence-corrected chi connectivity index (χ0v) is 13.1. The molecule has 0 aliphatic carbocycles. The van der Waals surface area contributed by atoms with Gasteiger partial charge in [0, 0.05) is 18.2 Å². The summed E-state index contributed by atoms with van der Waals surface area (Å²) in [6.07, 6.45) is 2.74. The normalized spacial score (nSPS) is 13.5. The van der Waals surface area contributed by atoms with E-state index < -0.39 is 11.5 Å². The number of carbonyl (C=O) groups is 2. The number of hydrogen-bond acceptors (Lipinski definition) is 3. The molecule has 0 saturated heterocycles. The lowest BCUT2D eigenvalue weighted by Crippen LogP contribution is -2.50. The third kappa shape index (κ3) is 2.62. The number of aliphatic carboxylic acids is 1. The summed E-state index contributed by atoms with van der Waals surface area (Å²) in [6.45, 7) is 5.28. The van der Waals surface area contributed by atoms with Gasteiger partial charge in [-0.05, 0) is 39.0 Å². The standard InChI is InChI=1S/C17H19NO4/c1-11-7-12(2)9-13(8-11)15(19)18(4)17(3,16(20)21)14-5-6-22-10-14/h5-10H,1-4H3,(H,20,21)/t17-/m1/s1. The molecular weight excluding hydrogens is 282 g/mol. The Kier molecular flexibility index (Phi) is 4.08. The molecule has 0 spiro atoms. The van der Waals surface area contributed by atoms with E-state index in [-0.39, 0.29) is 5.91 Å². The molecule has 0 saturated carbocycles. The van der Waals surface area contributed by atoms with Crippen LogP contribution in [0.15, 0.2) is 41.2 Å². The van der Waals surface area contributed by atoms with E-state index >= 15 is 0 Å². The summed E-state index contributed by atoms with van der Waals surface area (Å²) in [7, 11) is 1.49. The number of furan rings is 1. The summed E-state index contributed by atoms with van der Waals surface area (Å²) in [6, 6.07) is 7.02. The Labute approximate surface area is 129 Å². The van der Waals surface area contributed by atoms with Gasteiger partial charge in [-0.25, -0.2) is 4.79 Å². The van der Waals surface area contributed by atoms with Crippen molar-refractivity contribution in [2.75, 3.05) is 7.05 Å². The summed E-state index contributed by atoms with van der Waals surface area (Å²) in [5.74, 6) is -1.47. The molecule has 5 nitrogen and oxygen atoms in total. The van der Waals surface area contributed by atoms with Gasteiger partial charge < -0.3 is 14.4 Å². The van der Waals surface area contributed by atoms with Crippen molar-refractivity contribution in [1.82, 2.24) is 4.90 Å². The Morgan fingerprint density at radius 2 is 1.77 bits per heavy atom. The molecule has 5 heteroatoms. The van der Waals surface area contributed by atoms with Gasteiger partial charge in [0.2, 0.25) is 0 Å². The van der Waals surface area contributed by atoms with Gasteiger partial charge in [-0.15, -0.1) is 0 Å². The van der Waals surface area contributed by atoms with Crippen LogP contribution in [0.5, 0.6) is 0 Å². The molecular formula is C17H19NO4. The van der Waals surface area contributed by atoms with Gasteiger partial charge in [-0.1, -0.05) is 17.2 Å². The van der Waals surface area contributed by atoms with Crippen molar-refractivity contribution in [2.45, 2.75) is 26.3 Å². The molecule has 0 fully saturated rings. The average Bonchev–Trinajstić information content (AvgIpc) is 2.98. The number of amides is 1. The lowest BCUT2D eigenvalue weighted by molar-refractivity contribution is -0.148. The molecule has 1 aromatic heterocycles. The van der Waals surface area contributed by atoms with Crippen LogP contribution in [-0.4, -0.2) is 28.9 Å². The minimum Gasteiger partial charge on any atom is -0.479 e. The second-order valence-electron chi connectivity index (χ2n) is 5.63. The highest BCUT2D eigenvalue weighted by Gasteiger charge is 2.43. The van der Waals surface area contributed by atoms with Crippen LogP contribution in [0.1, 0.15) is 34.0 Å². The Bertz CT molecular complexity index is 685. The number of carboxylic acid groups (broad SMARTS) is 1. The smallest absolute Gasteiger partial charge is 0.334 e. The molecule has 0 bridgehead atoms. The summed E-state index contributed by atoms with van der Waals surface area (Å²) >= 11 is 0. The van der Waals surface area contributed by atoms with E-state index in [4.69, 9.17) is 4.42 Å². The lowest BCUT2D eigenvalue weighted by Gasteiger charge is -2.34. The molecule has 0 unspecified atom stereocenters. The number of rotatable bonds is 4. The predicted octanol–water partition coefficient (Wildman–Crippen LogP) is 2.97. The van der Waals surface area contributed by atoms with Crippen LogP contribution in [0, 0.1) is 13.8 Å². The number of carbonyl (C=O) groups excluding carboxylic acids is 1. The van der Waals surface area contributed by atoms with Crippen LogP contribution in [0.2, 0.25) is 0 Å². The highest BCUT2D eigenvalue weighted by atomic mass is 16.4. The van der Waals surface area contributed by atoms with Crippen molar-refractivity contribution in [3.63, 3.8) is 0 Å². The fourth-order valence-corrected chi connectivity index (χ4v) is 2.50. The molecule has 1 amide bonds. The monoisotopic (exact) mass is 301 g/mol. The lowest BCUT2D eigenvalue weighted by atomic mass is 9.92. The number of likely N-dealkylation sites (N-methyl/N-ethyl adjacent to an activating group) is 1. The van der Waals surface area contributed by atoms with Crippen LogP contribution in [-0.2, 0) is 10.3 Å². The molecule has 116 valence electrons. The first-order valence-electron chi connectivity index (χ1n) is 6.89. The largest absolute Gasteiger partial charge is 0.479 e. The van der Waals surface area contributed by atoms with E-state index in [1.165, 1.54) is 31.4 Å². The Balaban J connectivity index is 2.45. The SMILES string of the molecule is Cc1cc(C)cc(C(=O)N(C)[C@@](C)(C(=O)O)c2ccoc2)c1. The van der Waals surface area contributed by atoms with Crippen molar-refractivity contribution in [2.24, 2.45) is 0 Å². The Morgan fingerprint density at radius 1 is 1.18 bits per heavy atom. The summed E-state index contributed by atoms with van der Waals surface area (Å²) in [5, 5.41) is 9.64. The predicted molar refractivity (Wildman–Crippen MR) is 81.7 cm³/mol. The van der Waals surface area contributed by atoms with Gasteiger partial charge in [0.05, 0.1) is 12.5 Å². The van der Waals surface area contributed by atoms with Crippen LogP contribution in [0.4, 0.5) is 0 Å². The van der Waals surface area contributed by atoms with Gasteiger partial charge in [0.15, 0.2) is 5.54 Å². The maximum Gasteiger partial charge on any atom is 0.334 e. The second kappa shape index (κ2) is 5.67. The number of nitrogens with zero attached hydrogens (tertiary/aromatic N) is 1. The van der Waals surface area contributed by atoms with Crippen LogP contribution >= 0.6 is 0 Å². The fraction of sp³-hybridized carbons (Fsp3) is 0.294. The van der Waals surface area contributed by atoms with Gasteiger partial charge in [-0.3, -0.25) is 4.79 Å².